The van der Waals surface area contributed by atoms with Crippen LogP contribution in [0.15, 0.2) is 42.6 Å². The average Bonchev–Trinajstić information content (AvgIpc) is 2.36. The maximum absolute atomic E-state index is 12.5. The number of halogens is 4. The Balaban J connectivity index is 2.08. The summed E-state index contributed by atoms with van der Waals surface area (Å²) in [5, 5.41) is 0.498. The number of alkyl halides is 3. The monoisotopic (exact) mass is 287 g/mol. The molecule has 1 heterocycles. The lowest BCUT2D eigenvalue weighted by atomic mass is 10.2. The van der Waals surface area contributed by atoms with Crippen LogP contribution in [0.1, 0.15) is 11.3 Å². The van der Waals surface area contributed by atoms with Crippen LogP contribution in [-0.4, -0.2) is 4.98 Å². The topological polar surface area (TPSA) is 22.1 Å². The number of nitrogens with zero attached hydrogens (tertiary/aromatic N) is 1. The number of benzene rings is 1. The molecule has 1 aromatic carbocycles. The zero-order chi connectivity index (χ0) is 13.9. The molecule has 0 aliphatic carbocycles. The SMILES string of the molecule is FC(F)(F)c1cccc(OCc2cc(Cl)ccn2)c1. The summed E-state index contributed by atoms with van der Waals surface area (Å²) in [4.78, 5) is 3.99. The van der Waals surface area contributed by atoms with Gasteiger partial charge in [-0.05, 0) is 30.3 Å². The Bertz CT molecular complexity index is 572. The lowest BCUT2D eigenvalue weighted by molar-refractivity contribution is -0.137. The van der Waals surface area contributed by atoms with Crippen LogP contribution in [0.5, 0.6) is 5.75 Å². The highest BCUT2D eigenvalue weighted by Crippen LogP contribution is 2.31. The average molecular weight is 288 g/mol. The summed E-state index contributed by atoms with van der Waals surface area (Å²) in [6.07, 6.45) is -2.87. The van der Waals surface area contributed by atoms with Crippen molar-refractivity contribution in [3.05, 3.63) is 58.9 Å². The number of hydrogen-bond donors (Lipinski definition) is 0. The van der Waals surface area contributed by atoms with Crippen molar-refractivity contribution in [2.45, 2.75) is 12.8 Å². The van der Waals surface area contributed by atoms with E-state index < -0.39 is 11.7 Å². The van der Waals surface area contributed by atoms with Crippen molar-refractivity contribution < 1.29 is 17.9 Å². The van der Waals surface area contributed by atoms with Gasteiger partial charge in [0, 0.05) is 11.2 Å². The highest BCUT2D eigenvalue weighted by atomic mass is 35.5. The summed E-state index contributed by atoms with van der Waals surface area (Å²) in [6.45, 7) is 0.0574. The van der Waals surface area contributed by atoms with Crippen LogP contribution in [0.3, 0.4) is 0 Å². The molecule has 0 saturated carbocycles. The first kappa shape index (κ1) is 13.7. The fourth-order valence-corrected chi connectivity index (χ4v) is 1.63. The molecule has 0 spiro atoms. The van der Waals surface area contributed by atoms with Gasteiger partial charge >= 0.3 is 6.18 Å². The summed E-state index contributed by atoms with van der Waals surface area (Å²) in [5.41, 5.74) is -0.200. The minimum absolute atomic E-state index is 0.0574. The molecule has 0 bridgehead atoms. The predicted octanol–water partition coefficient (Wildman–Crippen LogP) is 4.33. The minimum atomic E-state index is -4.38. The smallest absolute Gasteiger partial charge is 0.416 e. The number of rotatable bonds is 3. The second-order valence-electron chi connectivity index (χ2n) is 3.78. The van der Waals surface area contributed by atoms with Crippen molar-refractivity contribution >= 4 is 11.6 Å². The van der Waals surface area contributed by atoms with E-state index in [2.05, 4.69) is 4.98 Å². The first-order valence-electron chi connectivity index (χ1n) is 5.35. The molecule has 100 valence electrons. The lowest BCUT2D eigenvalue weighted by Gasteiger charge is -2.10. The van der Waals surface area contributed by atoms with Gasteiger partial charge in [0.1, 0.15) is 12.4 Å². The van der Waals surface area contributed by atoms with E-state index in [1.54, 1.807) is 12.1 Å². The molecule has 2 aromatic rings. The third kappa shape index (κ3) is 3.86. The molecule has 2 nitrogen and oxygen atoms in total. The van der Waals surface area contributed by atoms with E-state index in [9.17, 15) is 13.2 Å². The standard InChI is InChI=1S/C13H9ClF3NO/c14-10-4-5-18-11(7-10)8-19-12-3-1-2-9(6-12)13(15,16)17/h1-7H,8H2. The van der Waals surface area contributed by atoms with Gasteiger partial charge in [-0.15, -0.1) is 0 Å². The van der Waals surface area contributed by atoms with Crippen molar-refractivity contribution in [2.75, 3.05) is 0 Å². The normalized spacial score (nSPS) is 11.4. The van der Waals surface area contributed by atoms with Crippen molar-refractivity contribution in [3.8, 4) is 5.75 Å². The Hall–Kier alpha value is -1.75. The highest BCUT2D eigenvalue weighted by molar-refractivity contribution is 6.30. The Morgan fingerprint density at radius 1 is 1.16 bits per heavy atom. The summed E-state index contributed by atoms with van der Waals surface area (Å²) >= 11 is 5.77. The van der Waals surface area contributed by atoms with E-state index in [0.717, 1.165) is 12.1 Å². The molecule has 0 unspecified atom stereocenters. The highest BCUT2D eigenvalue weighted by Gasteiger charge is 2.30. The summed E-state index contributed by atoms with van der Waals surface area (Å²) in [7, 11) is 0. The van der Waals surface area contributed by atoms with Gasteiger partial charge in [-0.3, -0.25) is 4.98 Å². The maximum Gasteiger partial charge on any atom is 0.416 e. The molecule has 0 radical (unpaired) electrons. The van der Waals surface area contributed by atoms with Crippen LogP contribution in [0.4, 0.5) is 13.2 Å². The Morgan fingerprint density at radius 2 is 1.95 bits per heavy atom. The number of ether oxygens (including phenoxy) is 1. The Kier molecular flexibility index (Phi) is 3.95. The van der Waals surface area contributed by atoms with E-state index in [4.69, 9.17) is 16.3 Å². The van der Waals surface area contributed by atoms with Crippen LogP contribution in [0.2, 0.25) is 5.02 Å². The minimum Gasteiger partial charge on any atom is -0.487 e. The van der Waals surface area contributed by atoms with Crippen LogP contribution in [0, 0.1) is 0 Å². The summed E-state index contributed by atoms with van der Waals surface area (Å²) < 4.78 is 42.8. The van der Waals surface area contributed by atoms with Gasteiger partial charge in [-0.2, -0.15) is 13.2 Å². The first-order chi connectivity index (χ1) is 8.95. The molecule has 0 saturated heterocycles. The fraction of sp³-hybridized carbons (Fsp3) is 0.154. The third-order valence-corrected chi connectivity index (χ3v) is 2.56. The van der Waals surface area contributed by atoms with Gasteiger partial charge in [0.15, 0.2) is 0 Å². The van der Waals surface area contributed by atoms with Gasteiger partial charge in [0.25, 0.3) is 0 Å². The number of aromatic nitrogens is 1. The van der Waals surface area contributed by atoms with Crippen LogP contribution < -0.4 is 4.74 Å². The summed E-state index contributed by atoms with van der Waals surface area (Å²) in [5.74, 6) is 0.136. The summed E-state index contributed by atoms with van der Waals surface area (Å²) in [6, 6.07) is 7.89. The lowest BCUT2D eigenvalue weighted by Crippen LogP contribution is -2.05. The fourth-order valence-electron chi connectivity index (χ4n) is 1.45. The molecule has 0 aliphatic heterocycles. The molecule has 0 amide bonds. The van der Waals surface area contributed by atoms with Gasteiger partial charge in [0.2, 0.25) is 0 Å². The Labute approximate surface area is 112 Å². The van der Waals surface area contributed by atoms with Crippen molar-refractivity contribution in [1.82, 2.24) is 4.98 Å². The van der Waals surface area contributed by atoms with E-state index in [-0.39, 0.29) is 12.4 Å². The van der Waals surface area contributed by atoms with E-state index >= 15 is 0 Å². The molecule has 6 heteroatoms. The van der Waals surface area contributed by atoms with E-state index in [1.807, 2.05) is 0 Å². The van der Waals surface area contributed by atoms with Crippen LogP contribution in [0.25, 0.3) is 0 Å². The second-order valence-corrected chi connectivity index (χ2v) is 4.22. The van der Waals surface area contributed by atoms with Crippen LogP contribution >= 0.6 is 11.6 Å². The van der Waals surface area contributed by atoms with Crippen molar-refractivity contribution in [1.29, 1.82) is 0 Å². The molecule has 1 aromatic heterocycles. The molecular formula is C13H9ClF3NO. The molecule has 2 rings (SSSR count). The molecule has 19 heavy (non-hydrogen) atoms. The predicted molar refractivity (Wildman–Crippen MR) is 65.0 cm³/mol. The molecular weight excluding hydrogens is 279 g/mol. The number of hydrogen-bond acceptors (Lipinski definition) is 2. The molecule has 0 aliphatic rings. The quantitative estimate of drug-likeness (QED) is 0.838. The Morgan fingerprint density at radius 3 is 2.63 bits per heavy atom. The van der Waals surface area contributed by atoms with E-state index in [0.29, 0.717) is 10.7 Å². The zero-order valence-corrected chi connectivity index (χ0v) is 10.4. The van der Waals surface area contributed by atoms with Gasteiger partial charge in [0.05, 0.1) is 11.3 Å². The second kappa shape index (κ2) is 5.48. The molecule has 0 N–H and O–H groups in total. The maximum atomic E-state index is 12.5. The zero-order valence-electron chi connectivity index (χ0n) is 9.62. The van der Waals surface area contributed by atoms with Crippen molar-refractivity contribution in [2.24, 2.45) is 0 Å². The first-order valence-corrected chi connectivity index (χ1v) is 5.73. The number of pyridine rings is 1. The molecule has 0 atom stereocenters. The van der Waals surface area contributed by atoms with Gasteiger partial charge in [-0.25, -0.2) is 0 Å². The van der Waals surface area contributed by atoms with Crippen LogP contribution in [-0.2, 0) is 12.8 Å². The van der Waals surface area contributed by atoms with E-state index in [1.165, 1.54) is 18.3 Å². The molecule has 0 fully saturated rings. The largest absolute Gasteiger partial charge is 0.487 e. The third-order valence-electron chi connectivity index (χ3n) is 2.33. The van der Waals surface area contributed by atoms with Gasteiger partial charge in [-0.1, -0.05) is 17.7 Å². The van der Waals surface area contributed by atoms with Gasteiger partial charge < -0.3 is 4.74 Å². The van der Waals surface area contributed by atoms with Crippen molar-refractivity contribution in [3.63, 3.8) is 0 Å².